The van der Waals surface area contributed by atoms with Gasteiger partial charge in [-0.1, -0.05) is 0 Å². The average molecular weight is 143 g/mol. The Morgan fingerprint density at radius 2 is 1.89 bits per heavy atom. The van der Waals surface area contributed by atoms with Crippen molar-refractivity contribution in [2.75, 3.05) is 6.54 Å². The van der Waals surface area contributed by atoms with Gasteiger partial charge in [0.15, 0.2) is 0 Å². The molecule has 0 aliphatic heterocycles. The highest BCUT2D eigenvalue weighted by molar-refractivity contribution is 4.97. The van der Waals surface area contributed by atoms with Gasteiger partial charge >= 0.3 is 6.18 Å². The largest absolute Gasteiger partial charge is 0.412 e. The van der Waals surface area contributed by atoms with Gasteiger partial charge in [-0.05, 0) is 0 Å². The number of hydrogen-bond acceptors (Lipinski definition) is 1. The molecule has 0 saturated carbocycles. The topological polar surface area (TPSA) is 26.0 Å². The van der Waals surface area contributed by atoms with E-state index in [-0.39, 0.29) is 0 Å². The Labute approximate surface area is 49.1 Å². The van der Waals surface area contributed by atoms with Crippen LogP contribution in [0.5, 0.6) is 0 Å². The SMILES string of the molecule is NCC(F)=CC(F)(F)F. The Balaban J connectivity index is 3.95. The lowest BCUT2D eigenvalue weighted by Gasteiger charge is -1.97. The van der Waals surface area contributed by atoms with E-state index in [1.807, 2.05) is 0 Å². The fraction of sp³-hybridized carbons (Fsp3) is 0.500. The maximum absolute atomic E-state index is 11.6. The first kappa shape index (κ1) is 8.42. The maximum Gasteiger partial charge on any atom is 0.412 e. The van der Waals surface area contributed by atoms with Gasteiger partial charge in [0, 0.05) is 6.54 Å². The summed E-state index contributed by atoms with van der Waals surface area (Å²) in [5.74, 6) is -1.36. The highest BCUT2D eigenvalue weighted by atomic mass is 19.4. The zero-order valence-corrected chi connectivity index (χ0v) is 4.37. The molecule has 0 rings (SSSR count). The number of hydrogen-bond donors (Lipinski definition) is 1. The van der Waals surface area contributed by atoms with Crippen molar-refractivity contribution >= 4 is 0 Å². The molecule has 0 radical (unpaired) electrons. The Morgan fingerprint density at radius 3 is 2.00 bits per heavy atom. The van der Waals surface area contributed by atoms with Crippen LogP contribution < -0.4 is 5.73 Å². The standard InChI is InChI=1S/C4H5F4N/c5-3(2-9)1-4(6,7)8/h1H,2,9H2. The van der Waals surface area contributed by atoms with Crippen molar-refractivity contribution in [3.05, 3.63) is 11.9 Å². The Morgan fingerprint density at radius 1 is 1.44 bits per heavy atom. The molecule has 0 aliphatic rings. The van der Waals surface area contributed by atoms with E-state index in [1.165, 1.54) is 0 Å². The van der Waals surface area contributed by atoms with Crippen LogP contribution >= 0.6 is 0 Å². The summed E-state index contributed by atoms with van der Waals surface area (Å²) in [6.45, 7) is -0.709. The second kappa shape index (κ2) is 2.82. The summed E-state index contributed by atoms with van der Waals surface area (Å²) in [6, 6.07) is 0. The van der Waals surface area contributed by atoms with Crippen LogP contribution in [0.15, 0.2) is 11.9 Å². The minimum absolute atomic E-state index is 0.465. The van der Waals surface area contributed by atoms with Crippen LogP contribution in [0.25, 0.3) is 0 Å². The Bertz CT molecular complexity index is 114. The van der Waals surface area contributed by atoms with E-state index < -0.39 is 24.6 Å². The van der Waals surface area contributed by atoms with Gasteiger partial charge in [0.05, 0.1) is 6.08 Å². The van der Waals surface area contributed by atoms with E-state index in [0.29, 0.717) is 0 Å². The van der Waals surface area contributed by atoms with Crippen LogP contribution in [0.4, 0.5) is 17.6 Å². The predicted molar refractivity (Wildman–Crippen MR) is 24.3 cm³/mol. The fourth-order valence-electron chi connectivity index (χ4n) is 0.237. The molecule has 0 fully saturated rings. The van der Waals surface area contributed by atoms with Gasteiger partial charge < -0.3 is 5.73 Å². The first-order chi connectivity index (χ1) is 3.95. The Kier molecular flexibility index (Phi) is 2.64. The van der Waals surface area contributed by atoms with Gasteiger partial charge in [-0.25, -0.2) is 4.39 Å². The highest BCUT2D eigenvalue weighted by Crippen LogP contribution is 2.18. The summed E-state index contributed by atoms with van der Waals surface area (Å²) >= 11 is 0. The van der Waals surface area contributed by atoms with Crippen LogP contribution in [0.3, 0.4) is 0 Å². The molecule has 9 heavy (non-hydrogen) atoms. The maximum atomic E-state index is 11.6. The second-order valence-electron chi connectivity index (χ2n) is 1.34. The van der Waals surface area contributed by atoms with Crippen LogP contribution in [-0.4, -0.2) is 12.7 Å². The molecule has 5 heteroatoms. The monoisotopic (exact) mass is 143 g/mol. The quantitative estimate of drug-likeness (QED) is 0.551. The van der Waals surface area contributed by atoms with E-state index in [4.69, 9.17) is 0 Å². The van der Waals surface area contributed by atoms with Gasteiger partial charge in [-0.15, -0.1) is 0 Å². The molecule has 0 amide bonds. The summed E-state index contributed by atoms with van der Waals surface area (Å²) in [5.41, 5.74) is 4.54. The van der Waals surface area contributed by atoms with Crippen molar-refractivity contribution in [1.82, 2.24) is 0 Å². The predicted octanol–water partition coefficient (Wildman–Crippen LogP) is 1.36. The molecular formula is C4H5F4N. The number of halogens is 4. The fourth-order valence-corrected chi connectivity index (χ4v) is 0.237. The van der Waals surface area contributed by atoms with Crippen LogP contribution in [-0.2, 0) is 0 Å². The molecule has 0 saturated heterocycles. The zero-order chi connectivity index (χ0) is 7.49. The molecule has 0 bridgehead atoms. The van der Waals surface area contributed by atoms with E-state index in [9.17, 15) is 17.6 Å². The lowest BCUT2D eigenvalue weighted by Crippen LogP contribution is -2.07. The molecule has 0 atom stereocenters. The summed E-state index contributed by atoms with van der Waals surface area (Å²) in [7, 11) is 0. The highest BCUT2D eigenvalue weighted by Gasteiger charge is 2.24. The van der Waals surface area contributed by atoms with Crippen LogP contribution in [0.1, 0.15) is 0 Å². The molecule has 0 aromatic rings. The van der Waals surface area contributed by atoms with Gasteiger partial charge in [-0.2, -0.15) is 13.2 Å². The van der Waals surface area contributed by atoms with E-state index in [2.05, 4.69) is 5.73 Å². The van der Waals surface area contributed by atoms with Gasteiger partial charge in [-0.3, -0.25) is 0 Å². The Hall–Kier alpha value is -0.580. The third kappa shape index (κ3) is 5.29. The molecule has 0 aromatic carbocycles. The smallest absolute Gasteiger partial charge is 0.325 e. The molecule has 54 valence electrons. The average Bonchev–Trinajstić information content (AvgIpc) is 1.62. The van der Waals surface area contributed by atoms with Crippen molar-refractivity contribution in [3.8, 4) is 0 Å². The molecule has 0 spiro atoms. The lowest BCUT2D eigenvalue weighted by molar-refractivity contribution is -0.0814. The van der Waals surface area contributed by atoms with Crippen LogP contribution in [0.2, 0.25) is 0 Å². The molecule has 0 unspecified atom stereocenters. The summed E-state index contributed by atoms with van der Waals surface area (Å²) in [6.07, 6.45) is -5.06. The van der Waals surface area contributed by atoms with Crippen molar-refractivity contribution < 1.29 is 17.6 Å². The summed E-state index contributed by atoms with van der Waals surface area (Å²) in [4.78, 5) is 0. The summed E-state index contributed by atoms with van der Waals surface area (Å²) in [5, 5.41) is 0. The molecule has 1 nitrogen and oxygen atoms in total. The number of alkyl halides is 3. The van der Waals surface area contributed by atoms with Crippen molar-refractivity contribution in [2.45, 2.75) is 6.18 Å². The lowest BCUT2D eigenvalue weighted by atomic mass is 10.4. The van der Waals surface area contributed by atoms with Crippen molar-refractivity contribution in [1.29, 1.82) is 0 Å². The molecule has 0 aliphatic carbocycles. The van der Waals surface area contributed by atoms with Gasteiger partial charge in [0.2, 0.25) is 0 Å². The normalized spacial score (nSPS) is 14.1. The minimum atomic E-state index is -4.59. The first-order valence-corrected chi connectivity index (χ1v) is 2.10. The van der Waals surface area contributed by atoms with Crippen molar-refractivity contribution in [2.24, 2.45) is 5.73 Å². The van der Waals surface area contributed by atoms with E-state index in [1.54, 1.807) is 0 Å². The molecule has 0 aromatic heterocycles. The van der Waals surface area contributed by atoms with Crippen molar-refractivity contribution in [3.63, 3.8) is 0 Å². The van der Waals surface area contributed by atoms with Gasteiger partial charge in [0.1, 0.15) is 5.83 Å². The van der Waals surface area contributed by atoms with E-state index in [0.717, 1.165) is 0 Å². The van der Waals surface area contributed by atoms with Gasteiger partial charge in [0.25, 0.3) is 0 Å². The third-order valence-corrected chi connectivity index (χ3v) is 0.515. The summed E-state index contributed by atoms with van der Waals surface area (Å²) < 4.78 is 45.0. The second-order valence-corrected chi connectivity index (χ2v) is 1.34. The molecular weight excluding hydrogens is 138 g/mol. The van der Waals surface area contributed by atoms with Crippen LogP contribution in [0, 0.1) is 0 Å². The number of allylic oxidation sites excluding steroid dienone is 1. The molecule has 0 heterocycles. The minimum Gasteiger partial charge on any atom is -0.325 e. The number of nitrogens with two attached hydrogens (primary N) is 1. The molecule has 2 N–H and O–H groups in total. The number of rotatable bonds is 1. The third-order valence-electron chi connectivity index (χ3n) is 0.515. The zero-order valence-electron chi connectivity index (χ0n) is 4.37. The first-order valence-electron chi connectivity index (χ1n) is 2.10. The van der Waals surface area contributed by atoms with E-state index >= 15 is 0 Å².